The van der Waals surface area contributed by atoms with Crippen molar-refractivity contribution in [2.24, 2.45) is 0 Å². The van der Waals surface area contributed by atoms with E-state index < -0.39 is 4.92 Å². The van der Waals surface area contributed by atoms with Crippen LogP contribution in [0.3, 0.4) is 0 Å². The van der Waals surface area contributed by atoms with Crippen molar-refractivity contribution in [1.29, 1.82) is 0 Å². The molecule has 0 saturated carbocycles. The molecule has 9 heteroatoms. The highest BCUT2D eigenvalue weighted by Gasteiger charge is 2.24. The second-order valence-corrected chi connectivity index (χ2v) is 5.44. The fourth-order valence-corrected chi connectivity index (χ4v) is 2.76. The number of piperazine rings is 1. The molecule has 120 valence electrons. The van der Waals surface area contributed by atoms with E-state index in [2.05, 4.69) is 26.1 Å². The molecule has 2 N–H and O–H groups in total. The van der Waals surface area contributed by atoms with Gasteiger partial charge in [0.2, 0.25) is 0 Å². The molecule has 6 nitrogen and oxygen atoms in total. The van der Waals surface area contributed by atoms with Crippen LogP contribution in [-0.2, 0) is 0 Å². The smallest absolute Gasteiger partial charge is 0.271 e. The molecule has 0 unspecified atom stereocenters. The summed E-state index contributed by atoms with van der Waals surface area (Å²) in [6.07, 6.45) is 0. The fourth-order valence-electron chi connectivity index (χ4n) is 2.30. The number of nitrogens with one attached hydrogen (secondary N) is 1. The highest BCUT2D eigenvalue weighted by molar-refractivity contribution is 9.10. The summed E-state index contributed by atoms with van der Waals surface area (Å²) >= 11 is 3.17. The first-order valence-electron chi connectivity index (χ1n) is 6.12. The van der Waals surface area contributed by atoms with Gasteiger partial charge in [-0.05, 0) is 22.9 Å². The van der Waals surface area contributed by atoms with Crippen molar-refractivity contribution < 1.29 is 10.0 Å². The lowest BCUT2D eigenvalue weighted by Crippen LogP contribution is -2.44. The minimum atomic E-state index is -0.446. The second kappa shape index (κ2) is 8.75. The Morgan fingerprint density at radius 1 is 1.38 bits per heavy atom. The maximum atomic E-state index is 10.9. The molecule has 1 saturated heterocycles. The van der Waals surface area contributed by atoms with Crippen LogP contribution in [0.4, 0.5) is 5.69 Å². The molecule has 0 amide bonds. The molecule has 1 atom stereocenters. The number of aromatic hydroxyl groups is 1. The van der Waals surface area contributed by atoms with Crippen molar-refractivity contribution in [3.05, 3.63) is 32.3 Å². The molecule has 1 aromatic rings. The topological polar surface area (TPSA) is 78.6 Å². The summed E-state index contributed by atoms with van der Waals surface area (Å²) in [7, 11) is 0. The van der Waals surface area contributed by atoms with Gasteiger partial charge in [0.15, 0.2) is 0 Å². The van der Waals surface area contributed by atoms with E-state index in [4.69, 9.17) is 0 Å². The number of hydrogen-bond donors (Lipinski definition) is 2. The van der Waals surface area contributed by atoms with Crippen LogP contribution in [0.5, 0.6) is 5.75 Å². The van der Waals surface area contributed by atoms with E-state index in [1.54, 1.807) is 0 Å². The van der Waals surface area contributed by atoms with Crippen LogP contribution in [0.15, 0.2) is 16.6 Å². The van der Waals surface area contributed by atoms with Crippen LogP contribution < -0.4 is 5.32 Å². The highest BCUT2D eigenvalue weighted by atomic mass is 79.9. The molecular weight excluding hydrogens is 385 g/mol. The predicted octanol–water partition coefficient (Wildman–Crippen LogP) is 2.87. The number of non-ortho nitro benzene ring substituents is 1. The van der Waals surface area contributed by atoms with Gasteiger partial charge in [-0.2, -0.15) is 0 Å². The quantitative estimate of drug-likeness (QED) is 0.600. The Labute approximate surface area is 144 Å². The van der Waals surface area contributed by atoms with Crippen LogP contribution >= 0.6 is 40.7 Å². The van der Waals surface area contributed by atoms with Gasteiger partial charge >= 0.3 is 0 Å². The van der Waals surface area contributed by atoms with Gasteiger partial charge in [0, 0.05) is 49.9 Å². The molecule has 0 radical (unpaired) electrons. The predicted molar refractivity (Wildman–Crippen MR) is 89.8 cm³/mol. The first kappa shape index (κ1) is 20.4. The van der Waals surface area contributed by atoms with Crippen molar-refractivity contribution >= 4 is 46.4 Å². The van der Waals surface area contributed by atoms with Crippen molar-refractivity contribution in [1.82, 2.24) is 10.2 Å². The van der Waals surface area contributed by atoms with Crippen LogP contribution in [0, 0.1) is 10.1 Å². The zero-order valence-corrected chi connectivity index (χ0v) is 14.6. The number of benzene rings is 1. The molecule has 21 heavy (non-hydrogen) atoms. The summed E-state index contributed by atoms with van der Waals surface area (Å²) in [5.74, 6) is 0.0802. The maximum absolute atomic E-state index is 10.9. The van der Waals surface area contributed by atoms with Gasteiger partial charge in [-0.15, -0.1) is 24.8 Å². The van der Waals surface area contributed by atoms with Gasteiger partial charge in [-0.25, -0.2) is 0 Å². The number of rotatable bonds is 3. The van der Waals surface area contributed by atoms with Crippen LogP contribution in [0.2, 0.25) is 0 Å². The van der Waals surface area contributed by atoms with Gasteiger partial charge in [0.25, 0.3) is 5.69 Å². The van der Waals surface area contributed by atoms with Crippen molar-refractivity contribution in [3.8, 4) is 5.75 Å². The Bertz CT molecular complexity index is 499. The summed E-state index contributed by atoms with van der Waals surface area (Å²) in [4.78, 5) is 12.6. The summed E-state index contributed by atoms with van der Waals surface area (Å²) in [5, 5.41) is 24.2. The highest BCUT2D eigenvalue weighted by Crippen LogP contribution is 2.37. The number of hydrogen-bond acceptors (Lipinski definition) is 5. The average molecular weight is 403 g/mol. The Balaban J connectivity index is 0.00000200. The molecule has 1 aliphatic heterocycles. The van der Waals surface area contributed by atoms with Crippen molar-refractivity contribution in [3.63, 3.8) is 0 Å². The monoisotopic (exact) mass is 401 g/mol. The van der Waals surface area contributed by atoms with Gasteiger partial charge in [-0.1, -0.05) is 0 Å². The maximum Gasteiger partial charge on any atom is 0.271 e. The standard InChI is InChI=1S/C12H16BrN3O3.2ClH/c1-8(15-4-2-14-3-5-15)10-6-9(16(18)19)7-11(13)12(10)17;;/h6-8,14,17H,2-5H2,1H3;2*1H/t8-;;/m0../s1. The summed E-state index contributed by atoms with van der Waals surface area (Å²) in [6.45, 7) is 5.46. The number of nitro benzene ring substituents is 1. The van der Waals surface area contributed by atoms with E-state index in [1.165, 1.54) is 12.1 Å². The van der Waals surface area contributed by atoms with Gasteiger partial charge in [0.05, 0.1) is 9.40 Å². The molecule has 0 bridgehead atoms. The molecule has 1 aromatic carbocycles. The SMILES string of the molecule is C[C@@H](c1cc([N+](=O)[O-])cc(Br)c1O)N1CCNCC1.Cl.Cl. The summed E-state index contributed by atoms with van der Waals surface area (Å²) in [6, 6.07) is 2.72. The molecule has 1 heterocycles. The lowest BCUT2D eigenvalue weighted by molar-refractivity contribution is -0.385. The molecule has 2 rings (SSSR count). The molecule has 0 aliphatic carbocycles. The molecule has 0 spiro atoms. The zero-order valence-electron chi connectivity index (χ0n) is 11.4. The van der Waals surface area contributed by atoms with Gasteiger partial charge < -0.3 is 10.4 Å². The zero-order chi connectivity index (χ0) is 14.0. The third-order valence-electron chi connectivity index (χ3n) is 3.44. The molecule has 1 aliphatic rings. The fraction of sp³-hybridized carbons (Fsp3) is 0.500. The number of nitrogens with zero attached hydrogens (tertiary/aromatic N) is 2. The van der Waals surface area contributed by atoms with E-state index in [9.17, 15) is 15.2 Å². The van der Waals surface area contributed by atoms with Crippen LogP contribution in [-0.4, -0.2) is 41.1 Å². The lowest BCUT2D eigenvalue weighted by Gasteiger charge is -2.33. The molecular formula is C12H18BrCl2N3O3. The number of phenols is 1. The van der Waals surface area contributed by atoms with E-state index in [1.807, 2.05) is 6.92 Å². The number of nitro groups is 1. The van der Waals surface area contributed by atoms with Crippen LogP contribution in [0.1, 0.15) is 18.5 Å². The van der Waals surface area contributed by atoms with Gasteiger partial charge in [-0.3, -0.25) is 15.0 Å². The average Bonchev–Trinajstić information content (AvgIpc) is 2.41. The van der Waals surface area contributed by atoms with Crippen molar-refractivity contribution in [2.75, 3.05) is 26.2 Å². The Kier molecular flexibility index (Phi) is 8.50. The first-order valence-corrected chi connectivity index (χ1v) is 6.91. The largest absolute Gasteiger partial charge is 0.506 e. The first-order chi connectivity index (χ1) is 9.00. The number of phenolic OH excluding ortho intramolecular Hbond substituents is 1. The Hall–Kier alpha value is -0.600. The molecule has 0 aromatic heterocycles. The lowest BCUT2D eigenvalue weighted by atomic mass is 10.0. The van der Waals surface area contributed by atoms with Crippen molar-refractivity contribution in [2.45, 2.75) is 13.0 Å². The van der Waals surface area contributed by atoms with E-state index in [0.29, 0.717) is 10.0 Å². The minimum absolute atomic E-state index is 0. The Morgan fingerprint density at radius 3 is 2.48 bits per heavy atom. The Morgan fingerprint density at radius 2 is 1.95 bits per heavy atom. The second-order valence-electron chi connectivity index (χ2n) is 4.58. The van der Waals surface area contributed by atoms with Crippen LogP contribution in [0.25, 0.3) is 0 Å². The number of halogens is 3. The third kappa shape index (κ3) is 4.69. The minimum Gasteiger partial charge on any atom is -0.506 e. The van der Waals surface area contributed by atoms with E-state index >= 15 is 0 Å². The van der Waals surface area contributed by atoms with E-state index in [0.717, 1.165) is 26.2 Å². The summed E-state index contributed by atoms with van der Waals surface area (Å²) < 4.78 is 0.360. The summed E-state index contributed by atoms with van der Waals surface area (Å²) in [5.41, 5.74) is 0.574. The normalized spacial score (nSPS) is 16.5. The van der Waals surface area contributed by atoms with Gasteiger partial charge in [0.1, 0.15) is 5.75 Å². The third-order valence-corrected chi connectivity index (χ3v) is 4.04. The van der Waals surface area contributed by atoms with E-state index in [-0.39, 0.29) is 42.3 Å². The molecule has 1 fully saturated rings.